The summed E-state index contributed by atoms with van der Waals surface area (Å²) in [6, 6.07) is 9.36. The molecule has 7 atom stereocenters. The normalized spacial score (nSPS) is 28.0. The third-order valence-corrected chi connectivity index (χ3v) is 12.4. The van der Waals surface area contributed by atoms with Crippen LogP contribution in [-0.2, 0) is 32.4 Å². The zero-order chi connectivity index (χ0) is 39.7. The van der Waals surface area contributed by atoms with Crippen LogP contribution in [0.1, 0.15) is 101 Å². The van der Waals surface area contributed by atoms with Gasteiger partial charge in [0.1, 0.15) is 17.6 Å². The van der Waals surface area contributed by atoms with Crippen molar-refractivity contribution in [2.24, 2.45) is 17.3 Å². The minimum atomic E-state index is -4.54. The van der Waals surface area contributed by atoms with Gasteiger partial charge in [-0.2, -0.15) is 13.2 Å². The molecule has 4 fully saturated rings. The second-order valence-corrected chi connectivity index (χ2v) is 16.4. The molecule has 5 aliphatic rings. The lowest BCUT2D eigenvalue weighted by Crippen LogP contribution is -2.65. The second-order valence-electron chi connectivity index (χ2n) is 16.4. The first-order valence-electron chi connectivity index (χ1n) is 18.7. The molecular formula is C39H46BF3N6O6. The molecule has 55 heavy (non-hydrogen) atoms. The third-order valence-electron chi connectivity index (χ3n) is 12.4. The summed E-state index contributed by atoms with van der Waals surface area (Å²) < 4.78 is 54.5. The number of amides is 3. The molecule has 0 radical (unpaired) electrons. The van der Waals surface area contributed by atoms with E-state index in [0.717, 1.165) is 25.0 Å². The van der Waals surface area contributed by atoms with Crippen molar-refractivity contribution >= 4 is 36.2 Å². The molecule has 2 bridgehead atoms. The van der Waals surface area contributed by atoms with Crippen LogP contribution in [0.2, 0.25) is 0 Å². The fourth-order valence-electron chi connectivity index (χ4n) is 9.17. The molecule has 3 amide bonds. The summed E-state index contributed by atoms with van der Waals surface area (Å²) in [7, 11) is -0.712. The van der Waals surface area contributed by atoms with Crippen molar-refractivity contribution in [3.8, 4) is 0 Å². The van der Waals surface area contributed by atoms with E-state index in [4.69, 9.17) is 9.31 Å². The molecule has 2 aliphatic heterocycles. The number of anilines is 2. The van der Waals surface area contributed by atoms with Gasteiger partial charge in [0.2, 0.25) is 5.91 Å². The van der Waals surface area contributed by atoms with Crippen molar-refractivity contribution < 1.29 is 36.9 Å². The van der Waals surface area contributed by atoms with Gasteiger partial charge >= 0.3 is 19.3 Å². The number of rotatable bonds is 10. The molecule has 3 aromatic rings. The average Bonchev–Trinajstić information content (AvgIpc) is 3.64. The molecule has 1 aromatic heterocycles. The van der Waals surface area contributed by atoms with Crippen molar-refractivity contribution in [1.29, 1.82) is 0 Å². The summed E-state index contributed by atoms with van der Waals surface area (Å²) >= 11 is 0. The Hall–Kier alpha value is -4.70. The van der Waals surface area contributed by atoms with E-state index < -0.39 is 59.5 Å². The second kappa shape index (κ2) is 13.8. The van der Waals surface area contributed by atoms with Gasteiger partial charge in [0.15, 0.2) is 5.78 Å². The van der Waals surface area contributed by atoms with Crippen LogP contribution in [0.4, 0.5) is 29.3 Å². The maximum absolute atomic E-state index is 14.3. The average molecular weight is 763 g/mol. The number of nitrogens with one attached hydrogen (secondary N) is 4. The van der Waals surface area contributed by atoms with Crippen molar-refractivity contribution in [3.05, 3.63) is 87.6 Å². The van der Waals surface area contributed by atoms with E-state index in [1.807, 2.05) is 6.92 Å². The summed E-state index contributed by atoms with van der Waals surface area (Å²) in [6.45, 7) is 11.5. The monoisotopic (exact) mass is 762 g/mol. The van der Waals surface area contributed by atoms with Gasteiger partial charge in [-0.1, -0.05) is 45.0 Å². The Bertz CT molecular complexity index is 2090. The fourth-order valence-corrected chi connectivity index (χ4v) is 9.17. The molecule has 2 aromatic carbocycles. The van der Waals surface area contributed by atoms with Gasteiger partial charge in [-0.25, -0.2) is 9.78 Å². The number of nitrogens with zero attached hydrogens (tertiary/aromatic N) is 2. The maximum atomic E-state index is 14.3. The summed E-state index contributed by atoms with van der Waals surface area (Å²) in [4.78, 5) is 58.4. The largest absolute Gasteiger partial charge is 0.481 e. The first-order valence-corrected chi connectivity index (χ1v) is 18.7. The molecule has 3 saturated carbocycles. The van der Waals surface area contributed by atoms with Crippen LogP contribution in [0, 0.1) is 17.3 Å². The number of halogens is 3. The number of ketones is 1. The lowest BCUT2D eigenvalue weighted by atomic mass is 9.43. The van der Waals surface area contributed by atoms with Gasteiger partial charge in [-0.15, -0.1) is 0 Å². The smallest absolute Gasteiger partial charge is 0.404 e. The Morgan fingerprint density at radius 3 is 2.51 bits per heavy atom. The number of aromatic nitrogens is 2. The summed E-state index contributed by atoms with van der Waals surface area (Å²) in [5.74, 6) is -0.276. The molecule has 16 heteroatoms. The van der Waals surface area contributed by atoms with Gasteiger partial charge in [0.25, 0.3) is 5.56 Å². The van der Waals surface area contributed by atoms with Gasteiger partial charge in [0.05, 0.1) is 34.9 Å². The van der Waals surface area contributed by atoms with Crippen LogP contribution in [-0.4, -0.2) is 52.0 Å². The van der Waals surface area contributed by atoms with Crippen LogP contribution in [0.3, 0.4) is 0 Å². The number of alkyl halides is 3. The van der Waals surface area contributed by atoms with Crippen LogP contribution < -0.4 is 26.8 Å². The highest BCUT2D eigenvalue weighted by molar-refractivity contribution is 6.47. The predicted molar refractivity (Wildman–Crippen MR) is 199 cm³/mol. The quantitative estimate of drug-likeness (QED) is 0.140. The number of hydrogen-bond acceptors (Lipinski definition) is 8. The topological polar surface area (TPSA) is 153 Å². The van der Waals surface area contributed by atoms with E-state index in [2.05, 4.69) is 47.0 Å². The van der Waals surface area contributed by atoms with E-state index in [-0.39, 0.29) is 47.3 Å². The summed E-state index contributed by atoms with van der Waals surface area (Å²) in [6.07, 6.45) is -1.03. The Balaban J connectivity index is 1.15. The van der Waals surface area contributed by atoms with E-state index in [1.165, 1.54) is 35.9 Å². The standard InChI is InChI=1S/C39H46BF3N6O6/c1-7-31(40-54-30-17-25-16-29(36(25,3)4)38(30,6)55-40)47-32(51)28-18-37(5,48-35(53)46-26-13-9-11-23(15-26)21(2)50)34-45-20-27(33(52)49(28)34)44-19-22-10-8-12-24(14-22)39(41,42)43/h8-15,20,25,28-31,44H,7,16-19H2,1-6H3,(H,47,51)(H2,46,48,53)/t25-,28-,29-,30+,31-,37+,38-/m0/s1. The molecule has 1 saturated heterocycles. The Morgan fingerprint density at radius 1 is 1.07 bits per heavy atom. The number of benzene rings is 2. The number of fused-ring (bicyclic) bond motifs is 1. The van der Waals surface area contributed by atoms with Crippen LogP contribution in [0.5, 0.6) is 0 Å². The first kappa shape index (κ1) is 38.6. The van der Waals surface area contributed by atoms with E-state index in [9.17, 15) is 32.3 Å². The number of Topliss-reactive ketones (excluding diaryl/α,β-unsaturated/α-hetero) is 1. The Morgan fingerprint density at radius 2 is 1.82 bits per heavy atom. The number of hydrogen-bond donors (Lipinski definition) is 4. The van der Waals surface area contributed by atoms with Gasteiger partial charge in [0, 0.05) is 24.2 Å². The summed E-state index contributed by atoms with van der Waals surface area (Å²) in [5.41, 5.74) is -2.16. The van der Waals surface area contributed by atoms with Crippen molar-refractivity contribution in [3.63, 3.8) is 0 Å². The highest BCUT2D eigenvalue weighted by Gasteiger charge is 2.68. The van der Waals surface area contributed by atoms with E-state index in [1.54, 1.807) is 25.1 Å². The fraction of sp³-hybridized carbons (Fsp3) is 0.513. The zero-order valence-corrected chi connectivity index (χ0v) is 31.7. The maximum Gasteiger partial charge on any atom is 0.481 e. The van der Waals surface area contributed by atoms with Crippen molar-refractivity contribution in [2.75, 3.05) is 10.6 Å². The van der Waals surface area contributed by atoms with Crippen LogP contribution >= 0.6 is 0 Å². The zero-order valence-electron chi connectivity index (χ0n) is 31.7. The predicted octanol–water partition coefficient (Wildman–Crippen LogP) is 6.22. The number of carbonyl (C=O) groups excluding carboxylic acids is 3. The Labute approximate surface area is 317 Å². The van der Waals surface area contributed by atoms with Crippen LogP contribution in [0.15, 0.2) is 59.5 Å². The first-order chi connectivity index (χ1) is 25.8. The van der Waals surface area contributed by atoms with Gasteiger partial charge in [-0.05, 0) is 87.1 Å². The molecule has 8 rings (SSSR count). The SMILES string of the molecule is CC[C@H](NC(=O)[C@@H]1C[C@@](C)(NC(=O)Nc2cccc(C(C)=O)c2)c2ncc(NCc3cccc(C(F)(F)F)c3)c(=O)n21)B1O[C@@H]2C[C@@H]3C[C@@H](C3(C)C)[C@]2(C)O1. The highest BCUT2D eigenvalue weighted by Crippen LogP contribution is 2.65. The van der Waals surface area contributed by atoms with Gasteiger partial charge < -0.3 is 30.6 Å². The molecule has 3 aliphatic carbocycles. The third kappa shape index (κ3) is 6.92. The Kier molecular flexibility index (Phi) is 9.68. The van der Waals surface area contributed by atoms with E-state index in [0.29, 0.717) is 29.5 Å². The van der Waals surface area contributed by atoms with Gasteiger partial charge in [-0.3, -0.25) is 19.0 Å². The molecule has 4 N–H and O–H groups in total. The molecule has 292 valence electrons. The van der Waals surface area contributed by atoms with Crippen LogP contribution in [0.25, 0.3) is 0 Å². The minimum absolute atomic E-state index is 0.0400. The molecule has 0 unspecified atom stereocenters. The lowest BCUT2D eigenvalue weighted by molar-refractivity contribution is -0.199. The number of urea groups is 1. The highest BCUT2D eigenvalue weighted by atomic mass is 19.4. The molecular weight excluding hydrogens is 716 g/mol. The minimum Gasteiger partial charge on any atom is -0.404 e. The van der Waals surface area contributed by atoms with Crippen molar-refractivity contribution in [1.82, 2.24) is 20.2 Å². The van der Waals surface area contributed by atoms with E-state index >= 15 is 0 Å². The molecule has 3 heterocycles. The molecule has 0 spiro atoms. The number of carbonyl (C=O) groups is 3. The van der Waals surface area contributed by atoms with Crippen molar-refractivity contribution in [2.45, 2.75) is 109 Å². The lowest BCUT2D eigenvalue weighted by Gasteiger charge is -2.64. The molecule has 12 nitrogen and oxygen atoms in total. The summed E-state index contributed by atoms with van der Waals surface area (Å²) in [5, 5.41) is 11.6.